The summed E-state index contributed by atoms with van der Waals surface area (Å²) in [5, 5.41) is 3.73. The summed E-state index contributed by atoms with van der Waals surface area (Å²) in [5.74, 6) is 1.74. The number of rotatable bonds is 7. The molecule has 1 fully saturated rings. The molecule has 0 heterocycles. The lowest BCUT2D eigenvalue weighted by Gasteiger charge is -2.25. The molecule has 1 aromatic carbocycles. The topological polar surface area (TPSA) is 24.5 Å². The van der Waals surface area contributed by atoms with Gasteiger partial charge < -0.3 is 15.0 Å². The van der Waals surface area contributed by atoms with E-state index in [-0.39, 0.29) is 0 Å². The lowest BCUT2D eigenvalue weighted by Crippen LogP contribution is -2.37. The molecular formula is C16H26N2O. The minimum Gasteiger partial charge on any atom is -0.497 e. The van der Waals surface area contributed by atoms with Gasteiger partial charge in [0.2, 0.25) is 0 Å². The molecule has 0 amide bonds. The highest BCUT2D eigenvalue weighted by atomic mass is 16.5. The molecule has 0 aromatic heterocycles. The first kappa shape index (κ1) is 14.4. The highest BCUT2D eigenvalue weighted by Gasteiger charge is 2.32. The molecule has 2 unspecified atom stereocenters. The number of methoxy groups -OCH3 is 1. The van der Waals surface area contributed by atoms with Gasteiger partial charge >= 0.3 is 0 Å². The van der Waals surface area contributed by atoms with E-state index in [0.717, 1.165) is 18.2 Å². The Hall–Kier alpha value is -1.06. The Bertz CT molecular complexity index is 384. The molecule has 3 nitrogen and oxygen atoms in total. The lowest BCUT2D eigenvalue weighted by atomic mass is 10.0. The number of likely N-dealkylation sites (N-methyl/N-ethyl adjacent to an activating group) is 1. The number of nitrogens with one attached hydrogen (secondary N) is 1. The molecule has 1 aliphatic carbocycles. The van der Waals surface area contributed by atoms with Gasteiger partial charge in [0, 0.05) is 18.6 Å². The Labute approximate surface area is 116 Å². The molecule has 0 saturated heterocycles. The molecule has 1 aromatic rings. The third kappa shape index (κ3) is 3.95. The van der Waals surface area contributed by atoms with Crippen molar-refractivity contribution in [2.24, 2.45) is 5.92 Å². The SMILES string of the molecule is COc1ccc(C(NCC(C)N(C)C)C2CC2)cc1. The Morgan fingerprint density at radius 2 is 1.89 bits per heavy atom. The van der Waals surface area contributed by atoms with Gasteiger partial charge in [-0.05, 0) is 57.5 Å². The van der Waals surface area contributed by atoms with Crippen LogP contribution in [0.15, 0.2) is 24.3 Å². The van der Waals surface area contributed by atoms with E-state index in [1.165, 1.54) is 18.4 Å². The van der Waals surface area contributed by atoms with Crippen molar-refractivity contribution in [3.8, 4) is 5.75 Å². The second-order valence-electron chi connectivity index (χ2n) is 5.81. The van der Waals surface area contributed by atoms with Gasteiger partial charge in [0.05, 0.1) is 7.11 Å². The predicted molar refractivity (Wildman–Crippen MR) is 79.6 cm³/mol. The third-order valence-corrected chi connectivity index (χ3v) is 4.08. The first-order valence-electron chi connectivity index (χ1n) is 7.15. The average molecular weight is 262 g/mol. The fourth-order valence-electron chi connectivity index (χ4n) is 2.28. The molecule has 0 aliphatic heterocycles. The first-order chi connectivity index (χ1) is 9.11. The zero-order chi connectivity index (χ0) is 13.8. The van der Waals surface area contributed by atoms with Crippen LogP contribution in [0.1, 0.15) is 31.4 Å². The van der Waals surface area contributed by atoms with E-state index in [1.807, 2.05) is 0 Å². The van der Waals surface area contributed by atoms with Gasteiger partial charge in [-0.2, -0.15) is 0 Å². The van der Waals surface area contributed by atoms with Crippen LogP contribution in [0.3, 0.4) is 0 Å². The normalized spacial score (nSPS) is 18.4. The van der Waals surface area contributed by atoms with Crippen molar-refractivity contribution in [1.82, 2.24) is 10.2 Å². The van der Waals surface area contributed by atoms with Gasteiger partial charge in [0.1, 0.15) is 5.75 Å². The maximum Gasteiger partial charge on any atom is 0.118 e. The Balaban J connectivity index is 1.99. The summed E-state index contributed by atoms with van der Waals surface area (Å²) in [7, 11) is 5.97. The van der Waals surface area contributed by atoms with Crippen molar-refractivity contribution in [2.75, 3.05) is 27.7 Å². The highest BCUT2D eigenvalue weighted by molar-refractivity contribution is 5.30. The fourth-order valence-corrected chi connectivity index (χ4v) is 2.28. The van der Waals surface area contributed by atoms with E-state index in [2.05, 4.69) is 55.5 Å². The van der Waals surface area contributed by atoms with Gasteiger partial charge in [-0.3, -0.25) is 0 Å². The number of hydrogen-bond acceptors (Lipinski definition) is 3. The van der Waals surface area contributed by atoms with E-state index in [0.29, 0.717) is 12.1 Å². The van der Waals surface area contributed by atoms with Crippen molar-refractivity contribution < 1.29 is 4.74 Å². The van der Waals surface area contributed by atoms with Crippen molar-refractivity contribution >= 4 is 0 Å². The van der Waals surface area contributed by atoms with E-state index >= 15 is 0 Å². The molecular weight excluding hydrogens is 236 g/mol. The minimum atomic E-state index is 0.494. The monoisotopic (exact) mass is 262 g/mol. The second kappa shape index (κ2) is 6.40. The van der Waals surface area contributed by atoms with Crippen LogP contribution in [-0.2, 0) is 0 Å². The summed E-state index contributed by atoms with van der Waals surface area (Å²) in [6, 6.07) is 9.54. The molecule has 106 valence electrons. The Morgan fingerprint density at radius 3 is 2.37 bits per heavy atom. The summed E-state index contributed by atoms with van der Waals surface area (Å²) in [6.07, 6.45) is 2.69. The van der Waals surface area contributed by atoms with Crippen molar-refractivity contribution in [1.29, 1.82) is 0 Å². The number of nitrogens with zero attached hydrogens (tertiary/aromatic N) is 1. The standard InChI is InChI=1S/C16H26N2O/c1-12(18(2)3)11-17-16(13-5-6-13)14-7-9-15(19-4)10-8-14/h7-10,12-13,16-17H,5-6,11H2,1-4H3. The van der Waals surface area contributed by atoms with Crippen LogP contribution >= 0.6 is 0 Å². The van der Waals surface area contributed by atoms with E-state index in [4.69, 9.17) is 4.74 Å². The van der Waals surface area contributed by atoms with Gasteiger partial charge in [-0.15, -0.1) is 0 Å². The highest BCUT2D eigenvalue weighted by Crippen LogP contribution is 2.41. The van der Waals surface area contributed by atoms with Gasteiger partial charge in [-0.1, -0.05) is 12.1 Å². The number of benzene rings is 1. The fraction of sp³-hybridized carbons (Fsp3) is 0.625. The zero-order valence-electron chi connectivity index (χ0n) is 12.5. The molecule has 2 rings (SSSR count). The van der Waals surface area contributed by atoms with Crippen molar-refractivity contribution in [3.05, 3.63) is 29.8 Å². The molecule has 0 bridgehead atoms. The van der Waals surface area contributed by atoms with Crippen LogP contribution in [0.5, 0.6) is 5.75 Å². The summed E-state index contributed by atoms with van der Waals surface area (Å²) in [4.78, 5) is 2.25. The van der Waals surface area contributed by atoms with Crippen LogP contribution in [-0.4, -0.2) is 38.7 Å². The van der Waals surface area contributed by atoms with Crippen LogP contribution < -0.4 is 10.1 Å². The second-order valence-corrected chi connectivity index (χ2v) is 5.81. The maximum atomic E-state index is 5.23. The molecule has 0 radical (unpaired) electrons. The average Bonchev–Trinajstić information content (AvgIpc) is 3.24. The largest absolute Gasteiger partial charge is 0.497 e. The van der Waals surface area contributed by atoms with Gasteiger partial charge in [0.25, 0.3) is 0 Å². The van der Waals surface area contributed by atoms with Crippen LogP contribution in [0, 0.1) is 5.92 Å². The molecule has 0 spiro atoms. The first-order valence-corrected chi connectivity index (χ1v) is 7.15. The maximum absolute atomic E-state index is 5.23. The molecule has 1 aliphatic rings. The molecule has 19 heavy (non-hydrogen) atoms. The minimum absolute atomic E-state index is 0.494. The Kier molecular flexibility index (Phi) is 4.83. The smallest absolute Gasteiger partial charge is 0.118 e. The lowest BCUT2D eigenvalue weighted by molar-refractivity contribution is 0.288. The molecule has 3 heteroatoms. The summed E-state index contributed by atoms with van der Waals surface area (Å²) >= 11 is 0. The molecule has 2 atom stereocenters. The zero-order valence-corrected chi connectivity index (χ0v) is 12.5. The van der Waals surface area contributed by atoms with E-state index in [1.54, 1.807) is 7.11 Å². The predicted octanol–water partition coefficient (Wildman–Crippen LogP) is 2.69. The van der Waals surface area contributed by atoms with Crippen LogP contribution in [0.4, 0.5) is 0 Å². The van der Waals surface area contributed by atoms with Gasteiger partial charge in [-0.25, -0.2) is 0 Å². The van der Waals surface area contributed by atoms with E-state index in [9.17, 15) is 0 Å². The van der Waals surface area contributed by atoms with E-state index < -0.39 is 0 Å². The number of ether oxygens (including phenoxy) is 1. The summed E-state index contributed by atoms with van der Waals surface area (Å²) in [6.45, 7) is 3.28. The molecule has 1 saturated carbocycles. The van der Waals surface area contributed by atoms with Crippen LogP contribution in [0.2, 0.25) is 0 Å². The van der Waals surface area contributed by atoms with Crippen molar-refractivity contribution in [3.63, 3.8) is 0 Å². The van der Waals surface area contributed by atoms with Crippen LogP contribution in [0.25, 0.3) is 0 Å². The third-order valence-electron chi connectivity index (χ3n) is 4.08. The van der Waals surface area contributed by atoms with Crippen molar-refractivity contribution in [2.45, 2.75) is 31.8 Å². The van der Waals surface area contributed by atoms with Gasteiger partial charge in [0.15, 0.2) is 0 Å². The summed E-state index contributed by atoms with van der Waals surface area (Å²) < 4.78 is 5.23. The number of hydrogen-bond donors (Lipinski definition) is 1. The quantitative estimate of drug-likeness (QED) is 0.817. The molecule has 1 N–H and O–H groups in total. The summed E-state index contributed by atoms with van der Waals surface area (Å²) in [5.41, 5.74) is 1.38. The Morgan fingerprint density at radius 1 is 1.26 bits per heavy atom.